The van der Waals surface area contributed by atoms with E-state index in [1.807, 2.05) is 24.3 Å². The van der Waals surface area contributed by atoms with E-state index >= 15 is 0 Å². The van der Waals surface area contributed by atoms with Crippen molar-refractivity contribution in [1.82, 2.24) is 10.3 Å². The molecule has 0 unspecified atom stereocenters. The van der Waals surface area contributed by atoms with E-state index in [1.165, 1.54) is 0 Å². The van der Waals surface area contributed by atoms with Crippen LogP contribution in [-0.2, 0) is 0 Å². The highest BCUT2D eigenvalue weighted by molar-refractivity contribution is 6.35. The number of nitrogens with zero attached hydrogens (tertiary/aromatic N) is 1. The molecule has 2 heterocycles. The van der Waals surface area contributed by atoms with E-state index in [4.69, 9.17) is 16.3 Å². The number of piperidine rings is 1. The summed E-state index contributed by atoms with van der Waals surface area (Å²) in [7, 11) is 0. The maximum Gasteiger partial charge on any atom is 0.129 e. The number of aromatic nitrogens is 1. The average molecular weight is 299 g/mol. The van der Waals surface area contributed by atoms with Crippen molar-refractivity contribution in [2.75, 3.05) is 13.1 Å². The SMILES string of the molecule is Cl.Clc1ccc(OC2CCNCC2)c2cccnc12. The maximum atomic E-state index is 6.14. The van der Waals surface area contributed by atoms with Gasteiger partial charge in [0.05, 0.1) is 10.5 Å². The van der Waals surface area contributed by atoms with Crippen molar-refractivity contribution in [3.8, 4) is 5.75 Å². The Bertz CT molecular complexity index is 556. The largest absolute Gasteiger partial charge is 0.490 e. The molecule has 2 aromatic rings. The summed E-state index contributed by atoms with van der Waals surface area (Å²) in [5, 5.41) is 4.99. The topological polar surface area (TPSA) is 34.1 Å². The number of hydrogen-bond acceptors (Lipinski definition) is 3. The van der Waals surface area contributed by atoms with Gasteiger partial charge in [0.25, 0.3) is 0 Å². The summed E-state index contributed by atoms with van der Waals surface area (Å²) < 4.78 is 6.08. The molecule has 1 aromatic carbocycles. The number of hydrogen-bond donors (Lipinski definition) is 1. The van der Waals surface area contributed by atoms with Crippen LogP contribution in [0.4, 0.5) is 0 Å². The predicted octanol–water partition coefficient (Wildman–Crippen LogP) is 3.44. The second-order valence-electron chi connectivity index (χ2n) is 4.51. The Hall–Kier alpha value is -1.03. The van der Waals surface area contributed by atoms with Gasteiger partial charge in [-0.05, 0) is 50.2 Å². The highest BCUT2D eigenvalue weighted by Crippen LogP contribution is 2.31. The van der Waals surface area contributed by atoms with Crippen LogP contribution in [0.3, 0.4) is 0 Å². The fourth-order valence-electron chi connectivity index (χ4n) is 2.31. The Morgan fingerprint density at radius 3 is 2.79 bits per heavy atom. The van der Waals surface area contributed by atoms with Crippen molar-refractivity contribution in [2.24, 2.45) is 0 Å². The van der Waals surface area contributed by atoms with Crippen LogP contribution in [0.1, 0.15) is 12.8 Å². The van der Waals surface area contributed by atoms with E-state index < -0.39 is 0 Å². The standard InChI is InChI=1S/C14H15ClN2O.ClH/c15-12-3-4-13(11-2-1-7-17-14(11)12)18-10-5-8-16-9-6-10;/h1-4,7,10,16H,5-6,8-9H2;1H. The average Bonchev–Trinajstić information content (AvgIpc) is 2.44. The van der Waals surface area contributed by atoms with Crippen molar-refractivity contribution in [1.29, 1.82) is 0 Å². The Morgan fingerprint density at radius 2 is 2.00 bits per heavy atom. The summed E-state index contributed by atoms with van der Waals surface area (Å²) in [6.45, 7) is 2.04. The van der Waals surface area contributed by atoms with Gasteiger partial charge in [0.1, 0.15) is 11.9 Å². The van der Waals surface area contributed by atoms with E-state index in [9.17, 15) is 0 Å². The van der Waals surface area contributed by atoms with Gasteiger partial charge in [-0.25, -0.2) is 0 Å². The van der Waals surface area contributed by atoms with E-state index in [0.29, 0.717) is 5.02 Å². The first kappa shape index (κ1) is 14.4. The molecular formula is C14H16Cl2N2O. The van der Waals surface area contributed by atoms with Gasteiger partial charge < -0.3 is 10.1 Å². The third-order valence-corrected chi connectivity index (χ3v) is 3.57. The lowest BCUT2D eigenvalue weighted by Crippen LogP contribution is -2.34. The minimum atomic E-state index is 0. The van der Waals surface area contributed by atoms with Crippen LogP contribution < -0.4 is 10.1 Å². The molecule has 5 heteroatoms. The zero-order valence-corrected chi connectivity index (χ0v) is 12.0. The summed E-state index contributed by atoms with van der Waals surface area (Å²) in [6, 6.07) is 7.71. The molecule has 19 heavy (non-hydrogen) atoms. The van der Waals surface area contributed by atoms with Gasteiger partial charge >= 0.3 is 0 Å². The second kappa shape index (κ2) is 6.42. The van der Waals surface area contributed by atoms with E-state index in [-0.39, 0.29) is 18.5 Å². The van der Waals surface area contributed by atoms with Crippen LogP contribution in [0.5, 0.6) is 5.75 Å². The normalized spacial score (nSPS) is 16.1. The van der Waals surface area contributed by atoms with Crippen molar-refractivity contribution < 1.29 is 4.74 Å². The molecule has 102 valence electrons. The Morgan fingerprint density at radius 1 is 1.21 bits per heavy atom. The third-order valence-electron chi connectivity index (χ3n) is 3.26. The Kier molecular flexibility index (Phi) is 4.86. The number of pyridine rings is 1. The van der Waals surface area contributed by atoms with Crippen molar-refractivity contribution in [3.63, 3.8) is 0 Å². The molecule has 3 rings (SSSR count). The quantitative estimate of drug-likeness (QED) is 0.922. The molecular weight excluding hydrogens is 283 g/mol. The Balaban J connectivity index is 0.00000133. The summed E-state index contributed by atoms with van der Waals surface area (Å²) >= 11 is 6.14. The van der Waals surface area contributed by atoms with Crippen LogP contribution >= 0.6 is 24.0 Å². The Labute approximate surface area is 123 Å². The molecule has 0 saturated carbocycles. The molecule has 0 aliphatic carbocycles. The fraction of sp³-hybridized carbons (Fsp3) is 0.357. The molecule has 0 amide bonds. The number of fused-ring (bicyclic) bond motifs is 1. The van der Waals surface area contributed by atoms with Crippen molar-refractivity contribution >= 4 is 34.9 Å². The van der Waals surface area contributed by atoms with Gasteiger partial charge in [-0.1, -0.05) is 11.6 Å². The maximum absolute atomic E-state index is 6.14. The lowest BCUT2D eigenvalue weighted by Gasteiger charge is -2.24. The molecule has 1 N–H and O–H groups in total. The molecule has 1 aliphatic heterocycles. The molecule has 1 aliphatic rings. The van der Waals surface area contributed by atoms with Crippen molar-refractivity contribution in [2.45, 2.75) is 18.9 Å². The van der Waals surface area contributed by atoms with E-state index in [1.54, 1.807) is 6.20 Å². The number of ether oxygens (including phenoxy) is 1. The minimum Gasteiger partial charge on any atom is -0.490 e. The first-order chi connectivity index (χ1) is 8.84. The first-order valence-electron chi connectivity index (χ1n) is 6.25. The zero-order chi connectivity index (χ0) is 12.4. The number of rotatable bonds is 2. The molecule has 0 atom stereocenters. The monoisotopic (exact) mass is 298 g/mol. The summed E-state index contributed by atoms with van der Waals surface area (Å²) in [5.41, 5.74) is 0.811. The van der Waals surface area contributed by atoms with Crippen LogP contribution in [0.2, 0.25) is 5.02 Å². The van der Waals surface area contributed by atoms with Gasteiger partial charge in [0, 0.05) is 11.6 Å². The van der Waals surface area contributed by atoms with Gasteiger partial charge in [-0.15, -0.1) is 12.4 Å². The minimum absolute atomic E-state index is 0. The van der Waals surface area contributed by atoms with Crippen LogP contribution in [-0.4, -0.2) is 24.2 Å². The number of halogens is 2. The molecule has 0 radical (unpaired) electrons. The summed E-state index contributed by atoms with van der Waals surface area (Å²) in [4.78, 5) is 4.31. The molecule has 3 nitrogen and oxygen atoms in total. The predicted molar refractivity (Wildman–Crippen MR) is 80.5 cm³/mol. The summed E-state index contributed by atoms with van der Waals surface area (Å²) in [6.07, 6.45) is 4.13. The van der Waals surface area contributed by atoms with Crippen LogP contribution in [0.15, 0.2) is 30.5 Å². The van der Waals surface area contributed by atoms with Crippen LogP contribution in [0, 0.1) is 0 Å². The molecule has 1 fully saturated rings. The lowest BCUT2D eigenvalue weighted by molar-refractivity contribution is 0.164. The first-order valence-corrected chi connectivity index (χ1v) is 6.63. The molecule has 1 aromatic heterocycles. The fourth-order valence-corrected chi connectivity index (χ4v) is 2.52. The van der Waals surface area contributed by atoms with Gasteiger partial charge in [-0.3, -0.25) is 4.98 Å². The summed E-state index contributed by atoms with van der Waals surface area (Å²) in [5.74, 6) is 0.884. The zero-order valence-electron chi connectivity index (χ0n) is 10.4. The molecule has 0 bridgehead atoms. The van der Waals surface area contributed by atoms with Gasteiger partial charge in [0.15, 0.2) is 0 Å². The highest BCUT2D eigenvalue weighted by atomic mass is 35.5. The molecule has 0 spiro atoms. The van der Waals surface area contributed by atoms with Gasteiger partial charge in [-0.2, -0.15) is 0 Å². The van der Waals surface area contributed by atoms with E-state index in [2.05, 4.69) is 10.3 Å². The smallest absolute Gasteiger partial charge is 0.129 e. The second-order valence-corrected chi connectivity index (χ2v) is 4.92. The van der Waals surface area contributed by atoms with Crippen molar-refractivity contribution in [3.05, 3.63) is 35.5 Å². The molecule has 1 saturated heterocycles. The van der Waals surface area contributed by atoms with Gasteiger partial charge in [0.2, 0.25) is 0 Å². The highest BCUT2D eigenvalue weighted by Gasteiger charge is 2.16. The number of nitrogens with one attached hydrogen (secondary N) is 1. The third kappa shape index (κ3) is 3.11. The van der Waals surface area contributed by atoms with Crippen LogP contribution in [0.25, 0.3) is 10.9 Å². The lowest BCUT2D eigenvalue weighted by atomic mass is 10.1. The van der Waals surface area contributed by atoms with E-state index in [0.717, 1.165) is 42.6 Å². The number of benzene rings is 1.